The maximum atomic E-state index is 13.5. The molecule has 0 aliphatic rings. The molecule has 2 N–H and O–H groups in total. The number of esters is 2. The second-order valence-corrected chi connectivity index (χ2v) is 4.43. The van der Waals surface area contributed by atoms with Crippen molar-refractivity contribution in [2.75, 3.05) is 19.5 Å². The van der Waals surface area contributed by atoms with E-state index in [1.54, 1.807) is 0 Å². The molecule has 7 heteroatoms. The van der Waals surface area contributed by atoms with Gasteiger partial charge >= 0.3 is 11.9 Å². The van der Waals surface area contributed by atoms with E-state index < -0.39 is 17.8 Å². The monoisotopic (exact) mass is 333 g/mol. The highest BCUT2D eigenvalue weighted by Gasteiger charge is 2.26. The molecule has 0 saturated heterocycles. The number of nitrogen functional groups attached to an aromatic ring is 1. The lowest BCUT2D eigenvalue weighted by atomic mass is 10.1. The Morgan fingerprint density at radius 3 is 2.58 bits per heavy atom. The summed E-state index contributed by atoms with van der Waals surface area (Å²) in [7, 11) is 1.12. The number of nitrogens with two attached hydrogens (primary N) is 1. The molecule has 1 rings (SSSR count). The minimum Gasteiger partial charge on any atom is -0.465 e. The Balaban J connectivity index is 3.37. The first-order chi connectivity index (χ1) is 8.93. The molecule has 0 spiro atoms. The molecule has 0 aliphatic carbocycles. The molecule has 0 fully saturated rings. The smallest absolute Gasteiger partial charge is 0.341 e. The van der Waals surface area contributed by atoms with E-state index in [0.29, 0.717) is 6.42 Å². The molecule has 0 bridgehead atoms. The van der Waals surface area contributed by atoms with Crippen molar-refractivity contribution in [1.82, 2.24) is 0 Å². The fourth-order valence-electron chi connectivity index (χ4n) is 1.40. The van der Waals surface area contributed by atoms with Gasteiger partial charge < -0.3 is 15.2 Å². The number of hydrogen-bond donors (Lipinski definition) is 1. The van der Waals surface area contributed by atoms with Crippen LogP contribution in [0.3, 0.4) is 0 Å². The topological polar surface area (TPSA) is 78.6 Å². The molecular formula is C12H13BrFNO4. The van der Waals surface area contributed by atoms with Gasteiger partial charge in [0.15, 0.2) is 0 Å². The van der Waals surface area contributed by atoms with Crippen LogP contribution in [0.15, 0.2) is 10.5 Å². The van der Waals surface area contributed by atoms with E-state index in [9.17, 15) is 14.0 Å². The summed E-state index contributed by atoms with van der Waals surface area (Å²) in [5, 5.41) is 0. The number of carbonyl (C=O) groups excluding carboxylic acids is 2. The standard InChI is InChI=1S/C12H13BrFNO4/c1-3-4-19-12(17)8-6(11(16)18-2)5-7(14)9(13)10(8)15/h5H,3-4,15H2,1-2H3. The maximum absolute atomic E-state index is 13.5. The zero-order valence-corrected chi connectivity index (χ0v) is 12.0. The number of methoxy groups -OCH3 is 1. The van der Waals surface area contributed by atoms with Crippen molar-refractivity contribution >= 4 is 33.6 Å². The zero-order valence-electron chi connectivity index (χ0n) is 10.5. The molecule has 0 radical (unpaired) electrons. The number of halogens is 2. The summed E-state index contributed by atoms with van der Waals surface area (Å²) in [4.78, 5) is 23.4. The van der Waals surface area contributed by atoms with Gasteiger partial charge in [-0.15, -0.1) is 0 Å². The fourth-order valence-corrected chi connectivity index (χ4v) is 1.72. The summed E-state index contributed by atoms with van der Waals surface area (Å²) >= 11 is 2.91. The molecule has 0 atom stereocenters. The van der Waals surface area contributed by atoms with Gasteiger partial charge in [0.2, 0.25) is 0 Å². The van der Waals surface area contributed by atoms with Gasteiger partial charge in [-0.05, 0) is 28.4 Å². The SMILES string of the molecule is CCCOC(=O)c1c(C(=O)OC)cc(F)c(Br)c1N. The molecule has 104 valence electrons. The van der Waals surface area contributed by atoms with Crippen LogP contribution in [0, 0.1) is 5.82 Å². The van der Waals surface area contributed by atoms with E-state index in [2.05, 4.69) is 20.7 Å². The van der Waals surface area contributed by atoms with Crippen LogP contribution in [0.4, 0.5) is 10.1 Å². The summed E-state index contributed by atoms with van der Waals surface area (Å²) in [6.07, 6.45) is 0.613. The van der Waals surface area contributed by atoms with Gasteiger partial charge in [-0.1, -0.05) is 6.92 Å². The van der Waals surface area contributed by atoms with Crippen molar-refractivity contribution in [3.05, 3.63) is 27.5 Å². The minimum atomic E-state index is -0.860. The molecule has 0 heterocycles. The van der Waals surface area contributed by atoms with Gasteiger partial charge in [-0.2, -0.15) is 0 Å². The molecule has 0 aromatic heterocycles. The number of benzene rings is 1. The first-order valence-electron chi connectivity index (χ1n) is 5.46. The van der Waals surface area contributed by atoms with Crippen LogP contribution in [0.1, 0.15) is 34.1 Å². The summed E-state index contributed by atoms with van der Waals surface area (Å²) < 4.78 is 22.9. The van der Waals surface area contributed by atoms with Gasteiger partial charge in [0.25, 0.3) is 0 Å². The molecule has 0 saturated carbocycles. The van der Waals surface area contributed by atoms with Crippen LogP contribution < -0.4 is 5.73 Å². The molecular weight excluding hydrogens is 321 g/mol. The summed E-state index contributed by atoms with van der Waals surface area (Å²) in [5.41, 5.74) is 5.00. The Kier molecular flexibility index (Phi) is 5.29. The van der Waals surface area contributed by atoms with Gasteiger partial charge in [0.1, 0.15) is 5.82 Å². The van der Waals surface area contributed by atoms with Gasteiger partial charge in [-0.3, -0.25) is 0 Å². The maximum Gasteiger partial charge on any atom is 0.341 e. The Morgan fingerprint density at radius 2 is 2.05 bits per heavy atom. The average molecular weight is 334 g/mol. The quantitative estimate of drug-likeness (QED) is 0.676. The van der Waals surface area contributed by atoms with Crippen molar-refractivity contribution < 1.29 is 23.5 Å². The lowest BCUT2D eigenvalue weighted by molar-refractivity contribution is 0.0487. The summed E-state index contributed by atoms with van der Waals surface area (Å²) in [5.74, 6) is -2.41. The molecule has 0 aliphatic heterocycles. The zero-order chi connectivity index (χ0) is 14.6. The summed E-state index contributed by atoms with van der Waals surface area (Å²) in [6.45, 7) is 1.99. The van der Waals surface area contributed by atoms with Crippen LogP contribution in [-0.4, -0.2) is 25.7 Å². The first kappa shape index (κ1) is 15.4. The first-order valence-corrected chi connectivity index (χ1v) is 6.26. The lowest BCUT2D eigenvalue weighted by Crippen LogP contribution is -2.17. The van der Waals surface area contributed by atoms with Crippen molar-refractivity contribution in [3.8, 4) is 0 Å². The number of rotatable bonds is 4. The highest BCUT2D eigenvalue weighted by atomic mass is 79.9. The predicted octanol–water partition coefficient (Wildman–Crippen LogP) is 2.52. The van der Waals surface area contributed by atoms with E-state index >= 15 is 0 Å². The third kappa shape index (κ3) is 3.23. The normalized spacial score (nSPS) is 10.1. The fraction of sp³-hybridized carbons (Fsp3) is 0.333. The van der Waals surface area contributed by atoms with Crippen LogP contribution >= 0.6 is 15.9 Å². The van der Waals surface area contributed by atoms with Gasteiger partial charge in [-0.25, -0.2) is 14.0 Å². The highest BCUT2D eigenvalue weighted by Crippen LogP contribution is 2.30. The lowest BCUT2D eigenvalue weighted by Gasteiger charge is -2.12. The van der Waals surface area contributed by atoms with Gasteiger partial charge in [0.05, 0.1) is 35.0 Å². The Bertz CT molecular complexity index is 519. The molecule has 5 nitrogen and oxygen atoms in total. The Morgan fingerprint density at radius 1 is 1.42 bits per heavy atom. The number of anilines is 1. The highest BCUT2D eigenvalue weighted by molar-refractivity contribution is 9.10. The van der Waals surface area contributed by atoms with Crippen LogP contribution in [0.2, 0.25) is 0 Å². The molecule has 0 amide bonds. The number of hydrogen-bond acceptors (Lipinski definition) is 5. The summed E-state index contributed by atoms with van der Waals surface area (Å²) in [6, 6.07) is 0.884. The van der Waals surface area contributed by atoms with Crippen molar-refractivity contribution in [1.29, 1.82) is 0 Å². The van der Waals surface area contributed by atoms with Gasteiger partial charge in [0, 0.05) is 0 Å². The largest absolute Gasteiger partial charge is 0.465 e. The molecule has 0 unspecified atom stereocenters. The number of ether oxygens (including phenoxy) is 2. The third-order valence-corrected chi connectivity index (χ3v) is 3.11. The Hall–Kier alpha value is -1.63. The molecule has 19 heavy (non-hydrogen) atoms. The van der Waals surface area contributed by atoms with Crippen LogP contribution in [0.25, 0.3) is 0 Å². The van der Waals surface area contributed by atoms with E-state index in [-0.39, 0.29) is 27.9 Å². The van der Waals surface area contributed by atoms with Crippen molar-refractivity contribution in [2.24, 2.45) is 0 Å². The third-order valence-electron chi connectivity index (χ3n) is 2.30. The minimum absolute atomic E-state index is 0.0939. The second-order valence-electron chi connectivity index (χ2n) is 3.64. The Labute approximate surface area is 118 Å². The van der Waals surface area contributed by atoms with E-state index in [4.69, 9.17) is 10.5 Å². The van der Waals surface area contributed by atoms with E-state index in [1.807, 2.05) is 6.92 Å². The molecule has 1 aromatic carbocycles. The number of carbonyl (C=O) groups is 2. The van der Waals surface area contributed by atoms with Crippen LogP contribution in [-0.2, 0) is 9.47 Å². The van der Waals surface area contributed by atoms with Crippen molar-refractivity contribution in [2.45, 2.75) is 13.3 Å². The molecule has 1 aromatic rings. The van der Waals surface area contributed by atoms with Crippen LogP contribution in [0.5, 0.6) is 0 Å². The van der Waals surface area contributed by atoms with E-state index in [1.165, 1.54) is 0 Å². The average Bonchev–Trinajstić information content (AvgIpc) is 2.40. The van der Waals surface area contributed by atoms with Crippen molar-refractivity contribution in [3.63, 3.8) is 0 Å². The van der Waals surface area contributed by atoms with E-state index in [0.717, 1.165) is 13.2 Å². The predicted molar refractivity (Wildman–Crippen MR) is 70.4 cm³/mol. The second kappa shape index (κ2) is 6.51.